The standard InChI is InChI=1S/C34H47N3O7P/c1-8-14-24(3)43-45(41,44-25(4)15-9-2)33-27(6)35-26(5)31(32(33)29-18-13-19-30(22-29)37(39)40)34(38)42-21-20-36(7)23-28-16-11-10-12-17-28/h10-13,16-19,22,24-25,41H,8-9,14-15,20-21,23H2,1-7H3/q+1. The minimum absolute atomic E-state index is 0.104. The molecule has 0 saturated carbocycles. The van der Waals surface area contributed by atoms with Crippen LogP contribution in [0.2, 0.25) is 0 Å². The molecule has 0 aliphatic heterocycles. The van der Waals surface area contributed by atoms with Gasteiger partial charge in [-0.05, 0) is 58.7 Å². The van der Waals surface area contributed by atoms with Gasteiger partial charge in [0.15, 0.2) is 0 Å². The van der Waals surface area contributed by atoms with E-state index in [1.807, 2.05) is 70.0 Å². The Kier molecular flexibility index (Phi) is 13.6. The van der Waals surface area contributed by atoms with Crippen molar-refractivity contribution in [2.45, 2.75) is 86.0 Å². The van der Waals surface area contributed by atoms with E-state index in [1.54, 1.807) is 26.0 Å². The lowest BCUT2D eigenvalue weighted by atomic mass is 9.97. The zero-order chi connectivity index (χ0) is 33.1. The van der Waals surface area contributed by atoms with E-state index in [9.17, 15) is 19.8 Å². The van der Waals surface area contributed by atoms with Gasteiger partial charge in [-0.1, -0.05) is 69.2 Å². The van der Waals surface area contributed by atoms with Crippen molar-refractivity contribution in [2.24, 2.45) is 0 Å². The monoisotopic (exact) mass is 640 g/mol. The summed E-state index contributed by atoms with van der Waals surface area (Å²) >= 11 is 0. The maximum atomic E-state index is 13.9. The van der Waals surface area contributed by atoms with Gasteiger partial charge in [0.25, 0.3) is 5.69 Å². The lowest BCUT2D eigenvalue weighted by molar-refractivity contribution is -0.384. The number of carbonyl (C=O) groups excluding carboxylic acids is 1. The first kappa shape index (κ1) is 36.2. The van der Waals surface area contributed by atoms with Gasteiger partial charge in [-0.3, -0.25) is 20.0 Å². The highest BCUT2D eigenvalue weighted by molar-refractivity contribution is 7.69. The molecule has 244 valence electrons. The third kappa shape index (κ3) is 9.86. The summed E-state index contributed by atoms with van der Waals surface area (Å²) in [6.07, 6.45) is 2.26. The van der Waals surface area contributed by atoms with E-state index in [1.165, 1.54) is 12.1 Å². The highest BCUT2D eigenvalue weighted by atomic mass is 31.2. The normalized spacial score (nSPS) is 14.2. The summed E-state index contributed by atoms with van der Waals surface area (Å²) in [5, 5.41) is 12.0. The van der Waals surface area contributed by atoms with E-state index < -0.39 is 18.8 Å². The molecule has 2 aromatic carbocycles. The van der Waals surface area contributed by atoms with Crippen LogP contribution in [0.15, 0.2) is 54.6 Å². The highest BCUT2D eigenvalue weighted by Gasteiger charge is 2.52. The molecule has 1 N–H and O–H groups in total. The fourth-order valence-corrected chi connectivity index (χ4v) is 7.80. The van der Waals surface area contributed by atoms with Crippen molar-refractivity contribution < 1.29 is 28.4 Å². The van der Waals surface area contributed by atoms with Gasteiger partial charge in [-0.2, -0.15) is 13.9 Å². The highest BCUT2D eigenvalue weighted by Crippen LogP contribution is 2.61. The van der Waals surface area contributed by atoms with Gasteiger partial charge < -0.3 is 4.74 Å². The first-order valence-corrected chi connectivity index (χ1v) is 17.1. The number of likely N-dealkylation sites (N-methyl/N-ethyl adjacent to an activating group) is 1. The van der Waals surface area contributed by atoms with Crippen LogP contribution in [-0.2, 0) is 20.3 Å². The summed E-state index contributed by atoms with van der Waals surface area (Å²) in [7, 11) is -1.94. The number of hydrogen-bond acceptors (Lipinski definition) is 9. The molecule has 2 atom stereocenters. The summed E-state index contributed by atoms with van der Waals surface area (Å²) in [5.74, 6) is -0.648. The molecule has 45 heavy (non-hydrogen) atoms. The van der Waals surface area contributed by atoms with Crippen molar-refractivity contribution in [3.63, 3.8) is 0 Å². The second-order valence-corrected chi connectivity index (χ2v) is 13.4. The number of non-ortho nitro benzene ring substituents is 1. The Hall–Kier alpha value is -3.27. The van der Waals surface area contributed by atoms with E-state index in [2.05, 4.69) is 4.98 Å². The molecule has 0 spiro atoms. The fourth-order valence-electron chi connectivity index (χ4n) is 5.37. The number of pyridine rings is 1. The van der Waals surface area contributed by atoms with Crippen LogP contribution < -0.4 is 5.30 Å². The molecule has 0 saturated heterocycles. The summed E-state index contributed by atoms with van der Waals surface area (Å²) in [6, 6.07) is 16.0. The van der Waals surface area contributed by atoms with Crippen molar-refractivity contribution in [2.75, 3.05) is 20.2 Å². The Morgan fingerprint density at radius 1 is 1.00 bits per heavy atom. The fraction of sp³-hybridized carbons (Fsp3) is 0.471. The van der Waals surface area contributed by atoms with Crippen molar-refractivity contribution >= 4 is 24.9 Å². The van der Waals surface area contributed by atoms with Crippen molar-refractivity contribution in [1.82, 2.24) is 9.88 Å². The van der Waals surface area contributed by atoms with Crippen LogP contribution in [0.1, 0.15) is 80.7 Å². The molecule has 0 radical (unpaired) electrons. The maximum Gasteiger partial charge on any atom is 0.449 e. The number of ether oxygens (including phenoxy) is 1. The van der Waals surface area contributed by atoms with Crippen LogP contribution >= 0.6 is 7.94 Å². The first-order valence-electron chi connectivity index (χ1n) is 15.5. The van der Waals surface area contributed by atoms with Gasteiger partial charge in [0.1, 0.15) is 18.8 Å². The van der Waals surface area contributed by atoms with Gasteiger partial charge in [0.05, 0.1) is 27.4 Å². The van der Waals surface area contributed by atoms with Crippen LogP contribution in [0.4, 0.5) is 5.69 Å². The van der Waals surface area contributed by atoms with E-state index in [0.717, 1.165) is 18.4 Å². The lowest BCUT2D eigenvalue weighted by Gasteiger charge is -2.27. The Balaban J connectivity index is 2.13. The molecule has 11 heteroatoms. The second-order valence-electron chi connectivity index (χ2n) is 11.5. The van der Waals surface area contributed by atoms with Crippen LogP contribution in [-0.4, -0.2) is 58.1 Å². The van der Waals surface area contributed by atoms with Gasteiger partial charge in [-0.15, -0.1) is 0 Å². The van der Waals surface area contributed by atoms with E-state index >= 15 is 0 Å². The minimum Gasteiger partial charge on any atom is -0.461 e. The lowest BCUT2D eigenvalue weighted by Crippen LogP contribution is -2.30. The zero-order valence-corrected chi connectivity index (χ0v) is 28.4. The first-order chi connectivity index (χ1) is 21.4. The molecule has 0 amide bonds. The average Bonchev–Trinajstić information content (AvgIpc) is 2.97. The SMILES string of the molecule is CCCC(C)O[P+](O)(OC(C)CCC)c1c(C)nc(C)c(C(=O)OCCN(C)Cc2ccccc2)c1-c1cccc([N+](=O)[O-])c1. The molecule has 1 heterocycles. The van der Waals surface area contributed by atoms with Gasteiger partial charge in [-0.25, -0.2) is 4.79 Å². The third-order valence-electron chi connectivity index (χ3n) is 7.40. The van der Waals surface area contributed by atoms with E-state index in [-0.39, 0.29) is 40.9 Å². The molecule has 2 unspecified atom stereocenters. The quantitative estimate of drug-likeness (QED) is 0.0698. The topological polar surface area (TPSA) is 124 Å². The summed E-state index contributed by atoms with van der Waals surface area (Å²) in [4.78, 5) is 44.3. The molecule has 3 rings (SSSR count). The molecule has 3 aromatic rings. The number of hydrogen-bond donors (Lipinski definition) is 1. The van der Waals surface area contributed by atoms with Crippen molar-refractivity contribution in [3.05, 3.63) is 87.2 Å². The Labute approximate surface area is 267 Å². The number of nitrogens with zero attached hydrogens (tertiary/aromatic N) is 3. The minimum atomic E-state index is -3.89. The zero-order valence-electron chi connectivity index (χ0n) is 27.5. The van der Waals surface area contributed by atoms with Crippen LogP contribution in [0.25, 0.3) is 11.1 Å². The van der Waals surface area contributed by atoms with Gasteiger partial charge in [0, 0.05) is 25.2 Å². The number of nitro benzene ring substituents is 1. The molecule has 0 fully saturated rings. The number of nitro groups is 1. The predicted molar refractivity (Wildman–Crippen MR) is 179 cm³/mol. The van der Waals surface area contributed by atoms with Gasteiger partial charge >= 0.3 is 13.9 Å². The summed E-state index contributed by atoms with van der Waals surface area (Å²) in [6.45, 7) is 12.5. The molecule has 0 aliphatic rings. The third-order valence-corrected chi connectivity index (χ3v) is 9.80. The van der Waals surface area contributed by atoms with Crippen LogP contribution in [0, 0.1) is 24.0 Å². The van der Waals surface area contributed by atoms with Crippen molar-refractivity contribution in [3.8, 4) is 11.1 Å². The molecule has 10 nitrogen and oxygen atoms in total. The Morgan fingerprint density at radius 3 is 2.20 bits per heavy atom. The smallest absolute Gasteiger partial charge is 0.449 e. The summed E-state index contributed by atoms with van der Waals surface area (Å²) < 4.78 is 18.5. The number of rotatable bonds is 17. The largest absolute Gasteiger partial charge is 0.461 e. The molecule has 1 aromatic heterocycles. The molecule has 0 bridgehead atoms. The molecular weight excluding hydrogens is 593 g/mol. The second kappa shape index (κ2) is 16.9. The Bertz CT molecular complexity index is 1420. The Morgan fingerprint density at radius 2 is 1.62 bits per heavy atom. The molecule has 0 aliphatic carbocycles. The number of benzene rings is 2. The van der Waals surface area contributed by atoms with Gasteiger partial charge in [0.2, 0.25) is 5.30 Å². The predicted octanol–water partition coefficient (Wildman–Crippen LogP) is 7.35. The number of aryl methyl sites for hydroxylation is 2. The average molecular weight is 641 g/mol. The summed E-state index contributed by atoms with van der Waals surface area (Å²) in [5.41, 5.74) is 2.51. The van der Waals surface area contributed by atoms with E-state index in [0.29, 0.717) is 42.9 Å². The molecular formula is C34H47N3O7P+. The number of aromatic nitrogens is 1. The maximum absolute atomic E-state index is 13.9. The van der Waals surface area contributed by atoms with E-state index in [4.69, 9.17) is 13.8 Å². The van der Waals surface area contributed by atoms with Crippen molar-refractivity contribution in [1.29, 1.82) is 0 Å². The number of esters is 1. The van der Waals surface area contributed by atoms with Crippen LogP contribution in [0.3, 0.4) is 0 Å². The number of carbonyl (C=O) groups is 1. The van der Waals surface area contributed by atoms with Crippen LogP contribution in [0.5, 0.6) is 0 Å².